The Labute approximate surface area is 112 Å². The Morgan fingerprint density at radius 1 is 1.37 bits per heavy atom. The molecule has 2 aromatic heterocycles. The maximum atomic E-state index is 4.42. The number of nitrogens with one attached hydrogen (secondary N) is 1. The van der Waals surface area contributed by atoms with Gasteiger partial charge in [-0.05, 0) is 43.9 Å². The average Bonchev–Trinajstić information content (AvgIpc) is 3.14. The van der Waals surface area contributed by atoms with Crippen LogP contribution in [0.2, 0.25) is 0 Å². The lowest BCUT2D eigenvalue weighted by Crippen LogP contribution is -2.30. The molecule has 5 nitrogen and oxygen atoms in total. The minimum absolute atomic E-state index is 0.464. The highest BCUT2D eigenvalue weighted by Crippen LogP contribution is 2.49. The number of fused-ring (bicyclic) bond motifs is 3. The molecule has 2 aliphatic carbocycles. The van der Waals surface area contributed by atoms with Crippen molar-refractivity contribution < 1.29 is 0 Å². The predicted molar refractivity (Wildman–Crippen MR) is 72.8 cm³/mol. The van der Waals surface area contributed by atoms with Crippen LogP contribution in [0, 0.1) is 17.8 Å². The number of hydrogen-bond acceptors (Lipinski definition) is 4. The lowest BCUT2D eigenvalue weighted by Gasteiger charge is -2.28. The lowest BCUT2D eigenvalue weighted by atomic mass is 9.84. The Morgan fingerprint density at radius 2 is 2.32 bits per heavy atom. The number of hydrogen-bond donors (Lipinski definition) is 1. The van der Waals surface area contributed by atoms with E-state index < -0.39 is 0 Å². The summed E-state index contributed by atoms with van der Waals surface area (Å²) in [5, 5.41) is 11.6. The monoisotopic (exact) mass is 257 g/mol. The van der Waals surface area contributed by atoms with E-state index in [9.17, 15) is 0 Å². The summed E-state index contributed by atoms with van der Waals surface area (Å²) in [5.74, 6) is 3.56. The van der Waals surface area contributed by atoms with E-state index in [2.05, 4.69) is 27.4 Å². The second-order valence-corrected chi connectivity index (χ2v) is 6.11. The van der Waals surface area contributed by atoms with Crippen LogP contribution in [0.1, 0.15) is 32.6 Å². The first-order chi connectivity index (χ1) is 9.31. The van der Waals surface area contributed by atoms with Crippen LogP contribution in [0.5, 0.6) is 0 Å². The van der Waals surface area contributed by atoms with Crippen molar-refractivity contribution in [3.63, 3.8) is 0 Å². The van der Waals surface area contributed by atoms with E-state index in [-0.39, 0.29) is 0 Å². The van der Waals surface area contributed by atoms with E-state index in [1.807, 2.05) is 10.6 Å². The summed E-state index contributed by atoms with van der Waals surface area (Å²) in [4.78, 5) is 4.42. The largest absolute Gasteiger partial charge is 0.364 e. The predicted octanol–water partition coefficient (Wildman–Crippen LogP) is 2.36. The summed E-state index contributed by atoms with van der Waals surface area (Å²) in [6.45, 7) is 2.28. The van der Waals surface area contributed by atoms with Gasteiger partial charge in [-0.25, -0.2) is 4.98 Å². The summed E-state index contributed by atoms with van der Waals surface area (Å²) in [5.41, 5.74) is 0.817. The van der Waals surface area contributed by atoms with Gasteiger partial charge in [0.05, 0.1) is 0 Å². The summed E-state index contributed by atoms with van der Waals surface area (Å²) in [7, 11) is 0. The van der Waals surface area contributed by atoms with Crippen LogP contribution >= 0.6 is 0 Å². The fourth-order valence-corrected chi connectivity index (χ4v) is 4.09. The van der Waals surface area contributed by atoms with Crippen molar-refractivity contribution in [3.05, 3.63) is 18.7 Å². The molecule has 2 aromatic rings. The molecule has 4 atom stereocenters. The normalized spacial score (nSPS) is 30.9. The highest BCUT2D eigenvalue weighted by Gasteiger charge is 2.41. The summed E-state index contributed by atoms with van der Waals surface area (Å²) in [6.07, 6.45) is 11.1. The van der Waals surface area contributed by atoms with Crippen LogP contribution < -0.4 is 5.32 Å². The minimum Gasteiger partial charge on any atom is -0.364 e. The van der Waals surface area contributed by atoms with E-state index in [0.29, 0.717) is 6.04 Å². The molecule has 4 rings (SSSR count). The topological polar surface area (TPSA) is 55.1 Å². The Hall–Kier alpha value is -1.65. The van der Waals surface area contributed by atoms with Gasteiger partial charge >= 0.3 is 0 Å². The number of nitrogens with zero attached hydrogens (tertiary/aromatic N) is 4. The zero-order chi connectivity index (χ0) is 12.8. The van der Waals surface area contributed by atoms with Crippen LogP contribution in [0.25, 0.3) is 5.65 Å². The summed E-state index contributed by atoms with van der Waals surface area (Å²) >= 11 is 0. The van der Waals surface area contributed by atoms with Crippen molar-refractivity contribution in [3.8, 4) is 0 Å². The fraction of sp³-hybridized carbons (Fsp3) is 0.643. The first kappa shape index (κ1) is 11.2. The molecule has 2 bridgehead atoms. The Balaban J connectivity index is 1.56. The van der Waals surface area contributed by atoms with Gasteiger partial charge in [0.25, 0.3) is 0 Å². The fourth-order valence-electron chi connectivity index (χ4n) is 4.09. The van der Waals surface area contributed by atoms with E-state index in [0.717, 1.165) is 29.2 Å². The molecule has 0 aliphatic heterocycles. The third-order valence-corrected chi connectivity index (χ3v) is 5.02. The molecule has 0 spiro atoms. The lowest BCUT2D eigenvalue weighted by molar-refractivity contribution is 0.304. The van der Waals surface area contributed by atoms with E-state index in [1.54, 1.807) is 12.5 Å². The van der Waals surface area contributed by atoms with Gasteiger partial charge in [-0.2, -0.15) is 0 Å². The Kier molecular flexibility index (Phi) is 2.47. The summed E-state index contributed by atoms with van der Waals surface area (Å²) in [6, 6.07) is 0.464. The number of aromatic nitrogens is 4. The molecular weight excluding hydrogens is 238 g/mol. The first-order valence-electron chi connectivity index (χ1n) is 7.22. The molecule has 2 fully saturated rings. The van der Waals surface area contributed by atoms with Crippen molar-refractivity contribution in [2.45, 2.75) is 38.6 Å². The molecule has 0 amide bonds. The van der Waals surface area contributed by atoms with Crippen LogP contribution in [0.3, 0.4) is 0 Å². The quantitative estimate of drug-likeness (QED) is 0.917. The molecule has 2 heterocycles. The molecule has 4 unspecified atom stereocenters. The van der Waals surface area contributed by atoms with Crippen molar-refractivity contribution in [1.82, 2.24) is 19.6 Å². The molecule has 2 saturated carbocycles. The molecule has 19 heavy (non-hydrogen) atoms. The van der Waals surface area contributed by atoms with Gasteiger partial charge in [0, 0.05) is 18.4 Å². The van der Waals surface area contributed by atoms with Crippen molar-refractivity contribution >= 4 is 11.5 Å². The van der Waals surface area contributed by atoms with Crippen LogP contribution in [-0.2, 0) is 0 Å². The maximum Gasteiger partial charge on any atom is 0.203 e. The first-order valence-corrected chi connectivity index (χ1v) is 7.22. The van der Waals surface area contributed by atoms with Crippen LogP contribution in [0.15, 0.2) is 18.7 Å². The maximum absolute atomic E-state index is 4.42. The smallest absolute Gasteiger partial charge is 0.203 e. The molecule has 0 aromatic carbocycles. The van der Waals surface area contributed by atoms with Gasteiger partial charge < -0.3 is 5.32 Å². The Morgan fingerprint density at radius 3 is 3.11 bits per heavy atom. The van der Waals surface area contributed by atoms with E-state index in [1.165, 1.54) is 25.7 Å². The van der Waals surface area contributed by atoms with Crippen molar-refractivity contribution in [2.75, 3.05) is 5.32 Å². The van der Waals surface area contributed by atoms with Gasteiger partial charge in [0.1, 0.15) is 6.33 Å². The van der Waals surface area contributed by atoms with E-state index in [4.69, 9.17) is 0 Å². The molecule has 5 heteroatoms. The highest BCUT2D eigenvalue weighted by molar-refractivity contribution is 5.61. The number of anilines is 1. The average molecular weight is 257 g/mol. The molecule has 0 saturated heterocycles. The third kappa shape index (κ3) is 1.79. The SMILES string of the molecule is CC(Nc1nccn2cnnc12)C1CC2CCC1C2. The number of rotatable bonds is 3. The van der Waals surface area contributed by atoms with Gasteiger partial charge in [-0.1, -0.05) is 6.42 Å². The van der Waals surface area contributed by atoms with Crippen molar-refractivity contribution in [2.24, 2.45) is 17.8 Å². The van der Waals surface area contributed by atoms with Gasteiger partial charge in [-0.15, -0.1) is 10.2 Å². The second kappa shape index (κ2) is 4.18. The van der Waals surface area contributed by atoms with Crippen LogP contribution in [0.4, 0.5) is 5.82 Å². The molecular formula is C14H19N5. The Bertz CT molecular complexity index is 592. The molecule has 1 N–H and O–H groups in total. The summed E-state index contributed by atoms with van der Waals surface area (Å²) < 4.78 is 1.91. The molecule has 0 radical (unpaired) electrons. The zero-order valence-corrected chi connectivity index (χ0v) is 11.2. The highest BCUT2D eigenvalue weighted by atomic mass is 15.2. The van der Waals surface area contributed by atoms with Gasteiger partial charge in [0.2, 0.25) is 5.65 Å². The molecule has 100 valence electrons. The van der Waals surface area contributed by atoms with Crippen molar-refractivity contribution in [1.29, 1.82) is 0 Å². The molecule has 2 aliphatic rings. The van der Waals surface area contributed by atoms with Crippen LogP contribution in [-0.4, -0.2) is 25.6 Å². The standard InChI is InChI=1S/C14H19N5/c1-9(12-7-10-2-3-11(12)6-10)17-13-14-18-16-8-19(14)5-4-15-13/h4-5,8-12H,2-3,6-7H2,1H3,(H,15,17). The second-order valence-electron chi connectivity index (χ2n) is 6.11. The minimum atomic E-state index is 0.464. The third-order valence-electron chi connectivity index (χ3n) is 5.02. The van der Waals surface area contributed by atoms with Gasteiger partial charge in [-0.3, -0.25) is 4.40 Å². The van der Waals surface area contributed by atoms with Gasteiger partial charge in [0.15, 0.2) is 5.82 Å². The van der Waals surface area contributed by atoms with E-state index >= 15 is 0 Å². The zero-order valence-electron chi connectivity index (χ0n) is 11.2.